The van der Waals surface area contributed by atoms with Crippen LogP contribution in [0.3, 0.4) is 0 Å². The van der Waals surface area contributed by atoms with Crippen molar-refractivity contribution in [3.63, 3.8) is 0 Å². The minimum Gasteiger partial charge on any atom is -0.295 e. The molecule has 31 heavy (non-hydrogen) atoms. The highest BCUT2D eigenvalue weighted by Gasteiger charge is 2.29. The summed E-state index contributed by atoms with van der Waals surface area (Å²) in [4.78, 5) is 26.3. The molecule has 0 aliphatic carbocycles. The molecule has 6 nitrogen and oxygen atoms in total. The van der Waals surface area contributed by atoms with Crippen molar-refractivity contribution in [3.8, 4) is 5.69 Å². The third-order valence-corrected chi connectivity index (χ3v) is 5.80. The topological polar surface area (TPSA) is 70.5 Å². The number of benzene rings is 2. The molecule has 0 atom stereocenters. The molecule has 1 aliphatic rings. The van der Waals surface area contributed by atoms with Gasteiger partial charge in [0.05, 0.1) is 28.2 Å². The van der Waals surface area contributed by atoms with E-state index in [0.29, 0.717) is 28.2 Å². The van der Waals surface area contributed by atoms with Crippen LogP contribution in [0.5, 0.6) is 0 Å². The van der Waals surface area contributed by atoms with Crippen molar-refractivity contribution in [2.75, 3.05) is 5.01 Å². The van der Waals surface area contributed by atoms with Gasteiger partial charge in [-0.15, -0.1) is 0 Å². The van der Waals surface area contributed by atoms with E-state index in [1.54, 1.807) is 13.0 Å². The van der Waals surface area contributed by atoms with Gasteiger partial charge in [-0.05, 0) is 82.5 Å². The van der Waals surface area contributed by atoms with Crippen molar-refractivity contribution < 1.29 is 4.79 Å². The number of aryl methyl sites for hydroxylation is 5. The summed E-state index contributed by atoms with van der Waals surface area (Å²) in [5.41, 5.74) is 7.86. The zero-order valence-electron chi connectivity index (χ0n) is 18.7. The molecule has 0 spiro atoms. The first-order valence-electron chi connectivity index (χ1n) is 10.3. The molecule has 2 aromatic carbocycles. The molecular formula is C25H26N4O2. The van der Waals surface area contributed by atoms with Gasteiger partial charge in [0.2, 0.25) is 0 Å². The fourth-order valence-electron chi connectivity index (χ4n) is 3.82. The minimum atomic E-state index is -0.237. The van der Waals surface area contributed by atoms with Crippen molar-refractivity contribution >= 4 is 23.4 Å². The molecule has 1 amide bonds. The summed E-state index contributed by atoms with van der Waals surface area (Å²) in [5, 5.41) is 8.99. The van der Waals surface area contributed by atoms with Gasteiger partial charge in [0.25, 0.3) is 11.5 Å². The first-order valence-corrected chi connectivity index (χ1v) is 10.3. The van der Waals surface area contributed by atoms with E-state index in [1.807, 2.05) is 71.0 Å². The van der Waals surface area contributed by atoms with Crippen LogP contribution < -0.4 is 10.6 Å². The zero-order chi connectivity index (χ0) is 22.4. The Morgan fingerprint density at radius 1 is 0.871 bits per heavy atom. The Balaban J connectivity index is 1.75. The van der Waals surface area contributed by atoms with Gasteiger partial charge in [-0.2, -0.15) is 10.1 Å². The predicted octanol–water partition coefficient (Wildman–Crippen LogP) is 4.51. The summed E-state index contributed by atoms with van der Waals surface area (Å²) >= 11 is 0. The highest BCUT2D eigenvalue weighted by Crippen LogP contribution is 2.27. The van der Waals surface area contributed by atoms with E-state index in [2.05, 4.69) is 10.2 Å². The third kappa shape index (κ3) is 3.54. The molecule has 6 heteroatoms. The largest absolute Gasteiger partial charge is 0.295 e. The van der Waals surface area contributed by atoms with E-state index in [4.69, 9.17) is 0 Å². The number of anilines is 1. The van der Waals surface area contributed by atoms with Gasteiger partial charge < -0.3 is 0 Å². The lowest BCUT2D eigenvalue weighted by Crippen LogP contribution is -2.22. The Morgan fingerprint density at radius 3 is 2.29 bits per heavy atom. The Morgan fingerprint density at radius 2 is 1.61 bits per heavy atom. The van der Waals surface area contributed by atoms with E-state index in [1.165, 1.54) is 9.69 Å². The van der Waals surface area contributed by atoms with Crippen LogP contribution >= 0.6 is 0 Å². The number of hydrazone groups is 1. The van der Waals surface area contributed by atoms with Gasteiger partial charge in [0.1, 0.15) is 0 Å². The van der Waals surface area contributed by atoms with Gasteiger partial charge in [0, 0.05) is 5.69 Å². The maximum atomic E-state index is 13.2. The number of carbonyl (C=O) groups excluding carboxylic acids is 1. The van der Waals surface area contributed by atoms with Crippen molar-refractivity contribution in [1.82, 2.24) is 9.78 Å². The lowest BCUT2D eigenvalue weighted by atomic mass is 10.1. The van der Waals surface area contributed by atoms with Crippen molar-refractivity contribution in [2.45, 2.75) is 41.5 Å². The summed E-state index contributed by atoms with van der Waals surface area (Å²) in [5.74, 6) is -0.237. The fraction of sp³-hybridized carbons (Fsp3) is 0.240. The summed E-state index contributed by atoms with van der Waals surface area (Å²) in [6, 6.07) is 11.7. The van der Waals surface area contributed by atoms with Gasteiger partial charge in [-0.3, -0.25) is 14.7 Å². The van der Waals surface area contributed by atoms with E-state index in [-0.39, 0.29) is 11.5 Å². The number of hydrogen-bond donors (Lipinski definition) is 1. The number of amides is 1. The number of hydrogen-bond acceptors (Lipinski definition) is 3. The summed E-state index contributed by atoms with van der Waals surface area (Å²) < 4.78 is 1.53. The SMILES string of the molecule is CC1=NN(c2ccc(C)c(C)c2)C(=O)/C1=C\c1c(C)[nH]n(-c2ccc(C)cc2C)c1=O. The van der Waals surface area contributed by atoms with Crippen LogP contribution in [0.2, 0.25) is 0 Å². The van der Waals surface area contributed by atoms with E-state index >= 15 is 0 Å². The number of nitrogens with one attached hydrogen (secondary N) is 1. The molecule has 0 saturated heterocycles. The molecule has 1 N–H and O–H groups in total. The molecule has 4 rings (SSSR count). The Labute approximate surface area is 181 Å². The number of aromatic nitrogens is 2. The molecule has 158 valence electrons. The molecule has 0 saturated carbocycles. The Bertz CT molecular complexity index is 1340. The predicted molar refractivity (Wildman–Crippen MR) is 125 cm³/mol. The van der Waals surface area contributed by atoms with E-state index in [9.17, 15) is 9.59 Å². The number of aromatic amines is 1. The van der Waals surface area contributed by atoms with Gasteiger partial charge in [0.15, 0.2) is 0 Å². The van der Waals surface area contributed by atoms with Crippen molar-refractivity contribution in [2.24, 2.45) is 5.10 Å². The van der Waals surface area contributed by atoms with Crippen LogP contribution in [0, 0.1) is 34.6 Å². The average molecular weight is 415 g/mol. The first kappa shape index (κ1) is 20.6. The zero-order valence-corrected chi connectivity index (χ0v) is 18.7. The van der Waals surface area contributed by atoms with Crippen molar-refractivity contribution in [3.05, 3.63) is 85.8 Å². The lowest BCUT2D eigenvalue weighted by Gasteiger charge is -2.13. The van der Waals surface area contributed by atoms with Gasteiger partial charge in [-0.25, -0.2) is 4.68 Å². The number of carbonyl (C=O) groups is 1. The second-order valence-electron chi connectivity index (χ2n) is 8.21. The minimum absolute atomic E-state index is 0.192. The summed E-state index contributed by atoms with van der Waals surface area (Å²) in [6.45, 7) is 11.6. The molecular weight excluding hydrogens is 388 g/mol. The van der Waals surface area contributed by atoms with Crippen molar-refractivity contribution in [1.29, 1.82) is 0 Å². The lowest BCUT2D eigenvalue weighted by molar-refractivity contribution is -0.114. The molecule has 3 aromatic rings. The highest BCUT2D eigenvalue weighted by molar-refractivity contribution is 6.32. The quantitative estimate of drug-likeness (QED) is 0.641. The smallest absolute Gasteiger partial charge is 0.280 e. The monoisotopic (exact) mass is 414 g/mol. The van der Waals surface area contributed by atoms with Crippen LogP contribution in [0.1, 0.15) is 40.4 Å². The molecule has 0 unspecified atom stereocenters. The summed E-state index contributed by atoms with van der Waals surface area (Å²) in [6.07, 6.45) is 1.65. The van der Waals surface area contributed by atoms with Crippen LogP contribution in [0.25, 0.3) is 11.8 Å². The number of nitrogens with zero attached hydrogens (tertiary/aromatic N) is 3. The van der Waals surface area contributed by atoms with Gasteiger partial charge >= 0.3 is 0 Å². The maximum Gasteiger partial charge on any atom is 0.280 e. The number of rotatable bonds is 3. The third-order valence-electron chi connectivity index (χ3n) is 5.80. The van der Waals surface area contributed by atoms with E-state index < -0.39 is 0 Å². The number of H-pyrrole nitrogens is 1. The van der Waals surface area contributed by atoms with Crippen LogP contribution in [0.15, 0.2) is 51.9 Å². The Hall–Kier alpha value is -3.67. The molecule has 0 bridgehead atoms. The molecule has 2 heterocycles. The molecule has 1 aromatic heterocycles. The normalized spacial score (nSPS) is 15.2. The molecule has 1 aliphatic heterocycles. The van der Waals surface area contributed by atoms with Gasteiger partial charge in [-0.1, -0.05) is 23.8 Å². The van der Waals surface area contributed by atoms with Crippen LogP contribution in [-0.2, 0) is 4.79 Å². The second-order valence-corrected chi connectivity index (χ2v) is 8.21. The first-order chi connectivity index (χ1) is 14.7. The molecule has 0 radical (unpaired) electrons. The Kier molecular flexibility index (Phi) is 5.01. The summed E-state index contributed by atoms with van der Waals surface area (Å²) in [7, 11) is 0. The maximum absolute atomic E-state index is 13.2. The second kappa shape index (κ2) is 7.54. The molecule has 0 fully saturated rings. The van der Waals surface area contributed by atoms with E-state index in [0.717, 1.165) is 27.9 Å². The standard InChI is InChI=1S/C25H26N4O2/c1-14-7-10-23(17(4)11-14)29-25(31)22(19(6)27-29)13-21-18(5)26-28(24(21)30)20-9-8-15(2)16(3)12-20/h7-13,27H,1-6H3/b21-13-. The highest BCUT2D eigenvalue weighted by atomic mass is 16.2. The van der Waals surface area contributed by atoms with Crippen LogP contribution in [-0.4, -0.2) is 21.4 Å². The van der Waals surface area contributed by atoms with Crippen LogP contribution in [0.4, 0.5) is 5.69 Å². The fourth-order valence-corrected chi connectivity index (χ4v) is 3.82. The average Bonchev–Trinajstić information content (AvgIpc) is 3.15.